The summed E-state index contributed by atoms with van der Waals surface area (Å²) in [6.45, 7) is 11.0. The Morgan fingerprint density at radius 2 is 1.86 bits per heavy atom. The van der Waals surface area contributed by atoms with Gasteiger partial charge >= 0.3 is 0 Å². The molecule has 2 unspecified atom stereocenters. The minimum Gasteiger partial charge on any atom is -0.330 e. The van der Waals surface area contributed by atoms with Gasteiger partial charge in [0, 0.05) is 12.6 Å². The molecule has 0 radical (unpaired) electrons. The molecule has 0 amide bonds. The molecule has 2 atom stereocenters. The lowest BCUT2D eigenvalue weighted by atomic mass is 10.0. The fraction of sp³-hybridized carbons (Fsp3) is 1.00. The van der Waals surface area contributed by atoms with Crippen molar-refractivity contribution in [2.75, 3.05) is 26.7 Å². The largest absolute Gasteiger partial charge is 0.330 e. The number of hydrogen-bond acceptors (Lipinski definition) is 3. The molecule has 1 saturated heterocycles. The van der Waals surface area contributed by atoms with Crippen molar-refractivity contribution in [1.82, 2.24) is 10.6 Å². The zero-order valence-corrected chi connectivity index (χ0v) is 10.6. The first-order chi connectivity index (χ1) is 6.88. The highest BCUT2D eigenvalue weighted by Gasteiger charge is 2.23. The van der Waals surface area contributed by atoms with Crippen LogP contribution in [0.15, 0.2) is 0 Å². The van der Waals surface area contributed by atoms with Gasteiger partial charge in [-0.2, -0.15) is 0 Å². The van der Waals surface area contributed by atoms with Crippen molar-refractivity contribution in [3.63, 3.8) is 0 Å². The fourth-order valence-electron chi connectivity index (χ4n) is 1.56. The quantitative estimate of drug-likeness (QED) is 0.646. The third-order valence-electron chi connectivity index (χ3n) is 2.22. The van der Waals surface area contributed by atoms with E-state index in [1.807, 2.05) is 34.7 Å². The normalized spacial score (nSPS) is 24.4. The smallest absolute Gasteiger partial charge is 0.0233 e. The van der Waals surface area contributed by atoms with Crippen LogP contribution in [0.1, 0.15) is 34.1 Å². The Morgan fingerprint density at radius 3 is 2.29 bits per heavy atom. The summed E-state index contributed by atoms with van der Waals surface area (Å²) in [7, 11) is 1.98. The van der Waals surface area contributed by atoms with Crippen LogP contribution >= 0.6 is 0 Å². The third-order valence-corrected chi connectivity index (χ3v) is 2.22. The van der Waals surface area contributed by atoms with E-state index in [0.717, 1.165) is 19.6 Å². The Bertz CT molecular complexity index is 96.5. The summed E-state index contributed by atoms with van der Waals surface area (Å²) in [4.78, 5) is 0. The Hall–Kier alpha value is -0.120. The number of nitrogens with two attached hydrogens (primary N) is 1. The van der Waals surface area contributed by atoms with Crippen LogP contribution in [-0.2, 0) is 0 Å². The average Bonchev–Trinajstić information content (AvgIpc) is 2.72. The van der Waals surface area contributed by atoms with Gasteiger partial charge in [-0.1, -0.05) is 27.7 Å². The van der Waals surface area contributed by atoms with Crippen LogP contribution in [-0.4, -0.2) is 32.7 Å². The van der Waals surface area contributed by atoms with Gasteiger partial charge in [0.25, 0.3) is 0 Å². The van der Waals surface area contributed by atoms with Crippen LogP contribution in [0.2, 0.25) is 0 Å². The standard InChI is InChI=1S/C7H17N3.2C2H6/c1-9-5-7-6(4-8)2-3-10-7;2*1-2/h6-7,9-10H,2-5,8H2,1H3;2*1-2H3. The van der Waals surface area contributed by atoms with Gasteiger partial charge < -0.3 is 16.4 Å². The van der Waals surface area contributed by atoms with Gasteiger partial charge in [0.1, 0.15) is 0 Å². The van der Waals surface area contributed by atoms with Crippen molar-refractivity contribution in [2.24, 2.45) is 11.7 Å². The fourth-order valence-corrected chi connectivity index (χ4v) is 1.56. The first-order valence-corrected chi connectivity index (χ1v) is 5.96. The highest BCUT2D eigenvalue weighted by atomic mass is 15.0. The van der Waals surface area contributed by atoms with E-state index < -0.39 is 0 Å². The molecule has 1 heterocycles. The monoisotopic (exact) mass is 203 g/mol. The molecule has 0 spiro atoms. The molecule has 0 saturated carbocycles. The minimum atomic E-state index is 0.606. The second kappa shape index (κ2) is 12.9. The highest BCUT2D eigenvalue weighted by Crippen LogP contribution is 2.12. The molecule has 1 aliphatic heterocycles. The molecule has 0 aromatic rings. The Labute approximate surface area is 89.8 Å². The van der Waals surface area contributed by atoms with Crippen molar-refractivity contribution in [3.05, 3.63) is 0 Å². The van der Waals surface area contributed by atoms with Crippen LogP contribution < -0.4 is 16.4 Å². The summed E-state index contributed by atoms with van der Waals surface area (Å²) >= 11 is 0. The number of rotatable bonds is 3. The van der Waals surface area contributed by atoms with Crippen molar-refractivity contribution in [2.45, 2.75) is 40.2 Å². The van der Waals surface area contributed by atoms with E-state index in [9.17, 15) is 0 Å². The molecule has 0 bridgehead atoms. The first kappa shape index (κ1) is 16.3. The maximum Gasteiger partial charge on any atom is 0.0233 e. The summed E-state index contributed by atoms with van der Waals surface area (Å²) in [6.07, 6.45) is 1.24. The van der Waals surface area contributed by atoms with Crippen LogP contribution in [0.25, 0.3) is 0 Å². The molecule has 1 aliphatic rings. The second-order valence-electron chi connectivity index (χ2n) is 2.90. The Morgan fingerprint density at radius 1 is 1.29 bits per heavy atom. The van der Waals surface area contributed by atoms with E-state index in [4.69, 9.17) is 5.73 Å². The Balaban J connectivity index is 0. The SMILES string of the molecule is CC.CC.CNCC1NCCC1CN. The average molecular weight is 203 g/mol. The lowest BCUT2D eigenvalue weighted by Crippen LogP contribution is -2.38. The van der Waals surface area contributed by atoms with E-state index in [0.29, 0.717) is 12.0 Å². The Kier molecular flexibility index (Phi) is 15.0. The van der Waals surface area contributed by atoms with Gasteiger partial charge in [0.2, 0.25) is 0 Å². The van der Waals surface area contributed by atoms with Gasteiger partial charge in [-0.3, -0.25) is 0 Å². The lowest BCUT2D eigenvalue weighted by molar-refractivity contribution is 0.441. The molecule has 1 fully saturated rings. The molecular weight excluding hydrogens is 174 g/mol. The van der Waals surface area contributed by atoms with Crippen LogP contribution in [0.5, 0.6) is 0 Å². The van der Waals surface area contributed by atoms with Gasteiger partial charge in [0.05, 0.1) is 0 Å². The van der Waals surface area contributed by atoms with Crippen LogP contribution in [0.4, 0.5) is 0 Å². The van der Waals surface area contributed by atoms with Gasteiger partial charge in [-0.15, -0.1) is 0 Å². The predicted molar refractivity (Wildman–Crippen MR) is 65.6 cm³/mol. The predicted octanol–water partition coefficient (Wildman–Crippen LogP) is 1.20. The van der Waals surface area contributed by atoms with Crippen LogP contribution in [0.3, 0.4) is 0 Å². The lowest BCUT2D eigenvalue weighted by Gasteiger charge is -2.16. The van der Waals surface area contributed by atoms with Gasteiger partial charge in [-0.25, -0.2) is 0 Å². The van der Waals surface area contributed by atoms with E-state index in [1.165, 1.54) is 6.42 Å². The number of hydrogen-bond donors (Lipinski definition) is 3. The molecule has 88 valence electrons. The van der Waals surface area contributed by atoms with Crippen LogP contribution in [0, 0.1) is 5.92 Å². The molecule has 4 N–H and O–H groups in total. The third kappa shape index (κ3) is 6.35. The zero-order valence-electron chi connectivity index (χ0n) is 10.6. The van der Waals surface area contributed by atoms with E-state index in [-0.39, 0.29) is 0 Å². The molecule has 3 nitrogen and oxygen atoms in total. The summed E-state index contributed by atoms with van der Waals surface area (Å²) in [6, 6.07) is 0.606. The van der Waals surface area contributed by atoms with Crippen molar-refractivity contribution < 1.29 is 0 Å². The second-order valence-corrected chi connectivity index (χ2v) is 2.90. The van der Waals surface area contributed by atoms with Crippen molar-refractivity contribution in [1.29, 1.82) is 0 Å². The van der Waals surface area contributed by atoms with Crippen molar-refractivity contribution in [3.8, 4) is 0 Å². The van der Waals surface area contributed by atoms with E-state index >= 15 is 0 Å². The number of likely N-dealkylation sites (N-methyl/N-ethyl adjacent to an activating group) is 1. The van der Waals surface area contributed by atoms with E-state index in [1.54, 1.807) is 0 Å². The molecule has 0 aromatic heterocycles. The maximum atomic E-state index is 5.59. The summed E-state index contributed by atoms with van der Waals surface area (Å²) in [5.41, 5.74) is 5.59. The molecule has 3 heteroatoms. The first-order valence-electron chi connectivity index (χ1n) is 5.96. The highest BCUT2D eigenvalue weighted by molar-refractivity contribution is 4.85. The minimum absolute atomic E-state index is 0.606. The van der Waals surface area contributed by atoms with Gasteiger partial charge in [0.15, 0.2) is 0 Å². The van der Waals surface area contributed by atoms with Gasteiger partial charge in [-0.05, 0) is 32.5 Å². The van der Waals surface area contributed by atoms with E-state index in [2.05, 4.69) is 10.6 Å². The van der Waals surface area contributed by atoms with Crippen molar-refractivity contribution >= 4 is 0 Å². The molecule has 0 aliphatic carbocycles. The zero-order chi connectivity index (χ0) is 11.4. The topological polar surface area (TPSA) is 50.1 Å². The summed E-state index contributed by atoms with van der Waals surface area (Å²) in [5.74, 6) is 0.687. The maximum absolute atomic E-state index is 5.59. The molecule has 14 heavy (non-hydrogen) atoms. The molecule has 0 aromatic carbocycles. The summed E-state index contributed by atoms with van der Waals surface area (Å²) < 4.78 is 0. The number of nitrogens with one attached hydrogen (secondary N) is 2. The molecule has 1 rings (SSSR count). The summed E-state index contributed by atoms with van der Waals surface area (Å²) in [5, 5.41) is 6.57. The molecular formula is C11H29N3.